The van der Waals surface area contributed by atoms with Gasteiger partial charge in [-0.1, -0.05) is 42.5 Å². The summed E-state index contributed by atoms with van der Waals surface area (Å²) in [6, 6.07) is 18.0. The molecule has 0 heterocycles. The highest BCUT2D eigenvalue weighted by Crippen LogP contribution is 2.22. The molecular weight excluding hydrogens is 228 g/mol. The van der Waals surface area contributed by atoms with Gasteiger partial charge >= 0.3 is 6.48 Å². The molecule has 0 N–H and O–H groups in total. The van der Waals surface area contributed by atoms with E-state index in [9.17, 15) is 0 Å². The maximum atomic E-state index is 5.46. The fraction of sp³-hybridized carbons (Fsp3) is 0.200. The van der Waals surface area contributed by atoms with Crippen LogP contribution in [0.25, 0.3) is 11.1 Å². The number of hydrogen-bond donors (Lipinski definition) is 0. The predicted molar refractivity (Wildman–Crippen MR) is 70.3 cm³/mol. The Kier molecular flexibility index (Phi) is 4.34. The highest BCUT2D eigenvalue weighted by molar-refractivity contribution is 5.63. The zero-order chi connectivity index (χ0) is 12.8. The Bertz CT molecular complexity index is 461. The highest BCUT2D eigenvalue weighted by Gasteiger charge is 2.06. The molecule has 18 heavy (non-hydrogen) atoms. The molecule has 0 saturated heterocycles. The minimum atomic E-state index is -0.674. The van der Waals surface area contributed by atoms with Crippen LogP contribution in [0, 0.1) is 0 Å². The summed E-state index contributed by atoms with van der Waals surface area (Å²) in [6.07, 6.45) is 0. The molecule has 2 rings (SSSR count). The predicted octanol–water partition coefficient (Wildman–Crippen LogP) is 3.31. The van der Waals surface area contributed by atoms with Crippen molar-refractivity contribution in [1.29, 1.82) is 0 Å². The van der Waals surface area contributed by atoms with Gasteiger partial charge in [0.05, 0.1) is 0 Å². The van der Waals surface area contributed by atoms with Gasteiger partial charge in [0.1, 0.15) is 5.75 Å². The molecule has 0 atom stereocenters. The van der Waals surface area contributed by atoms with Crippen LogP contribution in [0.3, 0.4) is 0 Å². The van der Waals surface area contributed by atoms with Gasteiger partial charge in [-0.15, -0.1) is 0 Å². The average molecular weight is 244 g/mol. The smallest absolute Gasteiger partial charge is 0.315 e. The van der Waals surface area contributed by atoms with Gasteiger partial charge in [-0.2, -0.15) is 0 Å². The quantitative estimate of drug-likeness (QED) is 0.755. The molecule has 0 fully saturated rings. The lowest BCUT2D eigenvalue weighted by molar-refractivity contribution is -0.219. The van der Waals surface area contributed by atoms with E-state index in [1.54, 1.807) is 0 Å². The zero-order valence-corrected chi connectivity index (χ0v) is 10.5. The van der Waals surface area contributed by atoms with Gasteiger partial charge in [0.15, 0.2) is 0 Å². The maximum absolute atomic E-state index is 5.46. The summed E-state index contributed by atoms with van der Waals surface area (Å²) in [4.78, 5) is 0. The summed E-state index contributed by atoms with van der Waals surface area (Å²) in [7, 11) is 3.07. The van der Waals surface area contributed by atoms with Gasteiger partial charge in [-0.05, 0) is 23.3 Å². The molecule has 3 nitrogen and oxygen atoms in total. The lowest BCUT2D eigenvalue weighted by Crippen LogP contribution is -2.20. The first kappa shape index (κ1) is 12.6. The van der Waals surface area contributed by atoms with E-state index in [0.717, 1.165) is 5.56 Å². The minimum absolute atomic E-state index is 0.674. The first-order valence-electron chi connectivity index (χ1n) is 5.71. The summed E-state index contributed by atoms with van der Waals surface area (Å²) >= 11 is 0. The molecule has 0 aliphatic carbocycles. The van der Waals surface area contributed by atoms with Gasteiger partial charge in [-0.3, -0.25) is 0 Å². The van der Waals surface area contributed by atoms with Crippen LogP contribution < -0.4 is 4.74 Å². The van der Waals surface area contributed by atoms with Crippen LogP contribution in [0.2, 0.25) is 0 Å². The third-order valence-corrected chi connectivity index (χ3v) is 2.58. The minimum Gasteiger partial charge on any atom is -0.441 e. The fourth-order valence-corrected chi connectivity index (χ4v) is 1.66. The Morgan fingerprint density at radius 2 is 1.28 bits per heavy atom. The van der Waals surface area contributed by atoms with Crippen LogP contribution in [0.5, 0.6) is 5.75 Å². The van der Waals surface area contributed by atoms with Crippen molar-refractivity contribution in [3.8, 4) is 16.9 Å². The lowest BCUT2D eigenvalue weighted by Gasteiger charge is -2.15. The van der Waals surface area contributed by atoms with Crippen molar-refractivity contribution in [1.82, 2.24) is 0 Å². The number of rotatable bonds is 5. The van der Waals surface area contributed by atoms with Crippen LogP contribution in [-0.2, 0) is 9.47 Å². The summed E-state index contributed by atoms with van der Waals surface area (Å²) in [5, 5.41) is 0. The largest absolute Gasteiger partial charge is 0.441 e. The Morgan fingerprint density at radius 3 is 1.83 bits per heavy atom. The summed E-state index contributed by atoms with van der Waals surface area (Å²) in [5.41, 5.74) is 2.33. The second kappa shape index (κ2) is 6.19. The molecular formula is C15H16O3. The maximum Gasteiger partial charge on any atom is 0.315 e. The molecule has 0 bridgehead atoms. The molecule has 2 aromatic rings. The number of ether oxygens (including phenoxy) is 3. The van der Waals surface area contributed by atoms with Crippen molar-refractivity contribution in [2.75, 3.05) is 14.2 Å². The first-order valence-corrected chi connectivity index (χ1v) is 5.71. The standard InChI is InChI=1S/C15H16O3/c1-16-15(17-2)18-14-10-8-13(9-11-14)12-6-4-3-5-7-12/h3-11,15H,1-2H3. The van der Waals surface area contributed by atoms with E-state index in [1.165, 1.54) is 19.8 Å². The van der Waals surface area contributed by atoms with E-state index in [2.05, 4.69) is 12.1 Å². The summed E-state index contributed by atoms with van der Waals surface area (Å²) < 4.78 is 15.4. The van der Waals surface area contributed by atoms with E-state index in [1.807, 2.05) is 42.5 Å². The van der Waals surface area contributed by atoms with Crippen molar-refractivity contribution in [3.63, 3.8) is 0 Å². The molecule has 2 aromatic carbocycles. The third-order valence-electron chi connectivity index (χ3n) is 2.58. The molecule has 3 heteroatoms. The van der Waals surface area contributed by atoms with E-state index < -0.39 is 6.48 Å². The molecule has 0 aliphatic rings. The molecule has 0 saturated carbocycles. The van der Waals surface area contributed by atoms with Gasteiger partial charge < -0.3 is 14.2 Å². The molecule has 0 aliphatic heterocycles. The van der Waals surface area contributed by atoms with E-state index in [4.69, 9.17) is 14.2 Å². The van der Waals surface area contributed by atoms with Crippen molar-refractivity contribution < 1.29 is 14.2 Å². The van der Waals surface area contributed by atoms with Crippen LogP contribution in [0.15, 0.2) is 54.6 Å². The second-order valence-corrected chi connectivity index (χ2v) is 3.77. The van der Waals surface area contributed by atoms with Crippen LogP contribution in [-0.4, -0.2) is 20.7 Å². The normalized spacial score (nSPS) is 10.6. The monoisotopic (exact) mass is 244 g/mol. The molecule has 0 radical (unpaired) electrons. The first-order chi connectivity index (χ1) is 8.83. The average Bonchev–Trinajstić information content (AvgIpc) is 2.46. The van der Waals surface area contributed by atoms with Gasteiger partial charge in [0, 0.05) is 14.2 Å². The van der Waals surface area contributed by atoms with E-state index in [-0.39, 0.29) is 0 Å². The molecule has 0 amide bonds. The molecule has 0 spiro atoms. The Hall–Kier alpha value is -1.84. The van der Waals surface area contributed by atoms with Crippen molar-refractivity contribution >= 4 is 0 Å². The Labute approximate surface area is 107 Å². The van der Waals surface area contributed by atoms with Crippen molar-refractivity contribution in [2.45, 2.75) is 6.48 Å². The van der Waals surface area contributed by atoms with Crippen LogP contribution >= 0.6 is 0 Å². The van der Waals surface area contributed by atoms with Crippen molar-refractivity contribution in [3.05, 3.63) is 54.6 Å². The van der Waals surface area contributed by atoms with E-state index >= 15 is 0 Å². The fourth-order valence-electron chi connectivity index (χ4n) is 1.66. The molecule has 0 unspecified atom stereocenters. The van der Waals surface area contributed by atoms with Crippen LogP contribution in [0.1, 0.15) is 0 Å². The van der Waals surface area contributed by atoms with Gasteiger partial charge in [-0.25, -0.2) is 0 Å². The number of methoxy groups -OCH3 is 2. The van der Waals surface area contributed by atoms with Gasteiger partial charge in [0.2, 0.25) is 0 Å². The molecule has 94 valence electrons. The summed E-state index contributed by atoms with van der Waals surface area (Å²) in [6.45, 7) is -0.674. The molecule has 0 aromatic heterocycles. The number of hydrogen-bond acceptors (Lipinski definition) is 3. The van der Waals surface area contributed by atoms with Crippen LogP contribution in [0.4, 0.5) is 0 Å². The second-order valence-electron chi connectivity index (χ2n) is 3.77. The van der Waals surface area contributed by atoms with E-state index in [0.29, 0.717) is 5.75 Å². The third kappa shape index (κ3) is 3.09. The highest BCUT2D eigenvalue weighted by atomic mass is 16.8. The van der Waals surface area contributed by atoms with Gasteiger partial charge in [0.25, 0.3) is 0 Å². The topological polar surface area (TPSA) is 27.7 Å². The Morgan fingerprint density at radius 1 is 0.722 bits per heavy atom. The summed E-state index contributed by atoms with van der Waals surface area (Å²) in [5.74, 6) is 0.711. The Balaban J connectivity index is 2.11. The lowest BCUT2D eigenvalue weighted by atomic mass is 10.1. The SMILES string of the molecule is COC(OC)Oc1ccc(-c2ccccc2)cc1. The zero-order valence-electron chi connectivity index (χ0n) is 10.5. The van der Waals surface area contributed by atoms with Crippen molar-refractivity contribution in [2.24, 2.45) is 0 Å². The number of benzene rings is 2.